The molecule has 1 aromatic carbocycles. The Hall–Kier alpha value is -3.17. The Bertz CT molecular complexity index is 1010. The van der Waals surface area contributed by atoms with Crippen molar-refractivity contribution in [1.29, 1.82) is 0 Å². The van der Waals surface area contributed by atoms with Gasteiger partial charge in [-0.15, -0.1) is 0 Å². The fraction of sp³-hybridized carbons (Fsp3) is 0.480. The lowest BCUT2D eigenvalue weighted by atomic mass is 9.79. The van der Waals surface area contributed by atoms with Gasteiger partial charge >= 0.3 is 0 Å². The van der Waals surface area contributed by atoms with Crippen LogP contribution in [0.5, 0.6) is 11.5 Å². The molecule has 2 aromatic rings. The summed E-state index contributed by atoms with van der Waals surface area (Å²) in [4.78, 5) is 35.1. The number of rotatable bonds is 8. The molecule has 1 aromatic heterocycles. The maximum Gasteiger partial charge on any atom is 0.254 e. The molecule has 0 spiro atoms. The van der Waals surface area contributed by atoms with Crippen molar-refractivity contribution in [3.63, 3.8) is 0 Å². The number of ether oxygens (including phenoxy) is 3. The number of morpholine rings is 1. The second kappa shape index (κ2) is 10.8. The van der Waals surface area contributed by atoms with Gasteiger partial charge in [0.2, 0.25) is 5.91 Å². The van der Waals surface area contributed by atoms with Crippen LogP contribution in [0, 0.1) is 0 Å². The number of carbonyl (C=O) groups is 2. The van der Waals surface area contributed by atoms with Crippen LogP contribution in [0.2, 0.25) is 0 Å². The molecule has 0 radical (unpaired) electrons. The molecule has 34 heavy (non-hydrogen) atoms. The number of nitrogens with zero attached hydrogens (tertiary/aromatic N) is 3. The Morgan fingerprint density at radius 3 is 2.62 bits per heavy atom. The van der Waals surface area contributed by atoms with Crippen molar-refractivity contribution in [2.75, 3.05) is 60.7 Å². The summed E-state index contributed by atoms with van der Waals surface area (Å²) < 4.78 is 16.3. The van der Waals surface area contributed by atoms with Crippen LogP contribution in [0.4, 0.5) is 0 Å². The molecule has 182 valence electrons. The van der Waals surface area contributed by atoms with Crippen LogP contribution in [-0.2, 0) is 9.53 Å². The summed E-state index contributed by atoms with van der Waals surface area (Å²) in [5.41, 5.74) is 1.86. The van der Waals surface area contributed by atoms with Gasteiger partial charge < -0.3 is 24.4 Å². The summed E-state index contributed by atoms with van der Waals surface area (Å²) in [7, 11) is 4.79. The predicted molar refractivity (Wildman–Crippen MR) is 126 cm³/mol. The lowest BCUT2D eigenvalue weighted by Gasteiger charge is -2.40. The van der Waals surface area contributed by atoms with E-state index in [9.17, 15) is 9.59 Å². The number of hydrogen-bond acceptors (Lipinski definition) is 7. The predicted octanol–water partition coefficient (Wildman–Crippen LogP) is 1.85. The van der Waals surface area contributed by atoms with Gasteiger partial charge in [0.25, 0.3) is 5.91 Å². The van der Waals surface area contributed by atoms with E-state index in [0.29, 0.717) is 29.2 Å². The molecule has 9 heteroatoms. The zero-order valence-corrected chi connectivity index (χ0v) is 20.0. The Labute approximate surface area is 200 Å². The molecule has 2 amide bonds. The van der Waals surface area contributed by atoms with E-state index in [1.165, 1.54) is 7.11 Å². The van der Waals surface area contributed by atoms with Crippen LogP contribution in [-0.4, -0.2) is 87.3 Å². The minimum atomic E-state index is -0.620. The largest absolute Gasteiger partial charge is 0.493 e. The molecule has 0 saturated carbocycles. The highest BCUT2D eigenvalue weighted by Crippen LogP contribution is 2.45. The Balaban J connectivity index is 1.62. The lowest BCUT2D eigenvalue weighted by Crippen LogP contribution is -2.46. The van der Waals surface area contributed by atoms with Gasteiger partial charge in [-0.25, -0.2) is 0 Å². The van der Waals surface area contributed by atoms with Gasteiger partial charge in [-0.3, -0.25) is 19.5 Å². The van der Waals surface area contributed by atoms with Crippen LogP contribution in [0.3, 0.4) is 0 Å². The quantitative estimate of drug-likeness (QED) is 0.591. The molecule has 1 fully saturated rings. The normalized spacial score (nSPS) is 20.6. The molecule has 1 N–H and O–H groups in total. The van der Waals surface area contributed by atoms with Crippen molar-refractivity contribution in [2.45, 2.75) is 18.4 Å². The van der Waals surface area contributed by atoms with Crippen molar-refractivity contribution in [3.8, 4) is 11.5 Å². The minimum Gasteiger partial charge on any atom is -0.493 e. The Morgan fingerprint density at radius 2 is 1.94 bits per heavy atom. The highest BCUT2D eigenvalue weighted by atomic mass is 16.5. The third kappa shape index (κ3) is 4.85. The van der Waals surface area contributed by atoms with Gasteiger partial charge in [0.15, 0.2) is 11.5 Å². The fourth-order valence-corrected chi connectivity index (χ4v) is 4.75. The van der Waals surface area contributed by atoms with Crippen molar-refractivity contribution in [3.05, 3.63) is 53.3 Å². The van der Waals surface area contributed by atoms with Crippen molar-refractivity contribution in [2.24, 2.45) is 0 Å². The summed E-state index contributed by atoms with van der Waals surface area (Å²) in [5, 5.41) is 3.11. The third-order valence-electron chi connectivity index (χ3n) is 6.54. The maximum atomic E-state index is 13.6. The van der Waals surface area contributed by atoms with E-state index in [0.717, 1.165) is 44.8 Å². The molecular formula is C25H32N4O5. The smallest absolute Gasteiger partial charge is 0.254 e. The second-order valence-electron chi connectivity index (χ2n) is 8.52. The summed E-state index contributed by atoms with van der Waals surface area (Å²) in [6.07, 6.45) is 4.22. The first kappa shape index (κ1) is 24.0. The molecule has 0 bridgehead atoms. The second-order valence-corrected chi connectivity index (χ2v) is 8.52. The summed E-state index contributed by atoms with van der Waals surface area (Å²) >= 11 is 0. The molecule has 2 aliphatic rings. The number of methoxy groups -OCH3 is 2. The van der Waals surface area contributed by atoms with Crippen molar-refractivity contribution in [1.82, 2.24) is 20.1 Å². The number of amides is 2. The number of pyridine rings is 1. The fourth-order valence-electron chi connectivity index (χ4n) is 4.75. The minimum absolute atomic E-state index is 0.136. The van der Waals surface area contributed by atoms with Crippen LogP contribution in [0.1, 0.15) is 39.9 Å². The topological polar surface area (TPSA) is 93.2 Å². The average Bonchev–Trinajstić information content (AvgIpc) is 2.88. The number of hydrogen-bond donors (Lipinski definition) is 1. The van der Waals surface area contributed by atoms with Crippen LogP contribution in [0.25, 0.3) is 0 Å². The van der Waals surface area contributed by atoms with Gasteiger partial charge in [-0.2, -0.15) is 0 Å². The SMILES string of the molecule is COc1cc2c(cc1OC)[C@@H](C(=O)NCCCN1CCOCC1)[C@@H](c1cccnc1)N(C)C2=O. The average molecular weight is 469 g/mol. The molecular weight excluding hydrogens is 436 g/mol. The van der Waals surface area contributed by atoms with Crippen LogP contribution >= 0.6 is 0 Å². The van der Waals surface area contributed by atoms with E-state index in [-0.39, 0.29) is 11.8 Å². The molecule has 0 aliphatic carbocycles. The van der Waals surface area contributed by atoms with E-state index in [4.69, 9.17) is 14.2 Å². The van der Waals surface area contributed by atoms with Gasteiger partial charge in [0.1, 0.15) is 0 Å². The molecule has 3 heterocycles. The molecule has 9 nitrogen and oxygen atoms in total. The van der Waals surface area contributed by atoms with Gasteiger partial charge in [-0.1, -0.05) is 6.07 Å². The number of aromatic nitrogens is 1. The summed E-state index contributed by atoms with van der Waals surface area (Å²) in [6.45, 7) is 4.80. The summed E-state index contributed by atoms with van der Waals surface area (Å²) in [5.74, 6) is -0.00364. The first-order chi connectivity index (χ1) is 16.5. The number of likely N-dealkylation sites (N-methyl/N-ethyl adjacent to an activating group) is 1. The van der Waals surface area contributed by atoms with E-state index in [1.54, 1.807) is 43.6 Å². The first-order valence-corrected chi connectivity index (χ1v) is 11.6. The first-order valence-electron chi connectivity index (χ1n) is 11.6. The molecule has 4 rings (SSSR count). The van der Waals surface area contributed by atoms with Gasteiger partial charge in [0.05, 0.1) is 39.4 Å². The monoisotopic (exact) mass is 468 g/mol. The molecule has 1 saturated heterocycles. The number of carbonyl (C=O) groups excluding carboxylic acids is 2. The maximum absolute atomic E-state index is 13.6. The molecule has 0 unspecified atom stereocenters. The third-order valence-corrected chi connectivity index (χ3v) is 6.54. The summed E-state index contributed by atoms with van der Waals surface area (Å²) in [6, 6.07) is 6.62. The Morgan fingerprint density at radius 1 is 1.21 bits per heavy atom. The van der Waals surface area contributed by atoms with Gasteiger partial charge in [-0.05, 0) is 42.3 Å². The van der Waals surface area contributed by atoms with E-state index < -0.39 is 12.0 Å². The molecule has 2 aliphatic heterocycles. The number of benzene rings is 1. The highest BCUT2D eigenvalue weighted by molar-refractivity contribution is 6.02. The zero-order valence-electron chi connectivity index (χ0n) is 20.0. The highest BCUT2D eigenvalue weighted by Gasteiger charge is 2.43. The zero-order chi connectivity index (χ0) is 24.1. The van der Waals surface area contributed by atoms with E-state index in [1.807, 2.05) is 12.1 Å². The number of nitrogens with one attached hydrogen (secondary N) is 1. The van der Waals surface area contributed by atoms with Gasteiger partial charge in [0, 0.05) is 44.6 Å². The van der Waals surface area contributed by atoms with E-state index >= 15 is 0 Å². The van der Waals surface area contributed by atoms with Crippen LogP contribution < -0.4 is 14.8 Å². The van der Waals surface area contributed by atoms with Crippen molar-refractivity contribution >= 4 is 11.8 Å². The Kier molecular flexibility index (Phi) is 7.64. The van der Waals surface area contributed by atoms with E-state index in [2.05, 4.69) is 15.2 Å². The number of fused-ring (bicyclic) bond motifs is 1. The lowest BCUT2D eigenvalue weighted by molar-refractivity contribution is -0.124. The van der Waals surface area contributed by atoms with Crippen LogP contribution in [0.15, 0.2) is 36.7 Å². The molecule has 2 atom stereocenters. The van der Waals surface area contributed by atoms with Crippen molar-refractivity contribution < 1.29 is 23.8 Å². The standard InChI is InChI=1S/C25H32N4O5/c1-28-23(17-6-4-7-26-16-17)22(24(30)27-8-5-9-29-10-12-34-13-11-29)18-14-20(32-2)21(33-3)15-19(18)25(28)31/h4,6-7,14-16,22-23H,5,8-13H2,1-3H3,(H,27,30)/t22-,23-/m1/s1.